The number of hydrogen-bond donors (Lipinski definition) is 2. The van der Waals surface area contributed by atoms with E-state index in [0.29, 0.717) is 16.3 Å². The lowest BCUT2D eigenvalue weighted by Crippen LogP contribution is -2.32. The average Bonchev–Trinajstić information content (AvgIpc) is 3.12. The van der Waals surface area contributed by atoms with Crippen LogP contribution < -0.4 is 10.6 Å². The third-order valence-corrected chi connectivity index (χ3v) is 4.87. The van der Waals surface area contributed by atoms with E-state index >= 15 is 0 Å². The van der Waals surface area contributed by atoms with Crippen molar-refractivity contribution >= 4 is 29.1 Å². The molecule has 1 aromatic heterocycles. The standard InChI is InChI=1S/C19H20ClN3O2/c1-12-15(20)7-4-8-16(12)23-19(25)17-11-13(9-10-21-17)18(24)22-14-5-2-3-6-14/h4,7-11,14H,2-3,5-6H2,1H3,(H,22,24)(H,23,25). The molecule has 0 radical (unpaired) electrons. The van der Waals surface area contributed by atoms with Crippen molar-refractivity contribution < 1.29 is 9.59 Å². The molecule has 2 amide bonds. The third-order valence-electron chi connectivity index (χ3n) is 4.46. The SMILES string of the molecule is Cc1c(Cl)cccc1NC(=O)c1cc(C(=O)NC2CCCC2)ccn1. The Bertz CT molecular complexity index is 801. The number of pyridine rings is 1. The minimum Gasteiger partial charge on any atom is -0.349 e. The molecule has 2 aromatic rings. The molecule has 0 atom stereocenters. The number of carbonyl (C=O) groups is 2. The Labute approximate surface area is 151 Å². The number of anilines is 1. The van der Waals surface area contributed by atoms with E-state index in [0.717, 1.165) is 31.2 Å². The van der Waals surface area contributed by atoms with Crippen LogP contribution in [0.2, 0.25) is 5.02 Å². The maximum Gasteiger partial charge on any atom is 0.274 e. The molecule has 0 saturated heterocycles. The first-order chi connectivity index (χ1) is 12.0. The molecule has 1 aromatic carbocycles. The van der Waals surface area contributed by atoms with E-state index in [4.69, 9.17) is 11.6 Å². The van der Waals surface area contributed by atoms with Gasteiger partial charge < -0.3 is 10.6 Å². The van der Waals surface area contributed by atoms with Crippen LogP contribution in [0, 0.1) is 6.92 Å². The quantitative estimate of drug-likeness (QED) is 0.869. The van der Waals surface area contributed by atoms with Gasteiger partial charge in [-0.15, -0.1) is 0 Å². The number of carbonyl (C=O) groups excluding carboxylic acids is 2. The van der Waals surface area contributed by atoms with E-state index in [1.807, 2.05) is 6.92 Å². The summed E-state index contributed by atoms with van der Waals surface area (Å²) < 4.78 is 0. The van der Waals surface area contributed by atoms with Crippen molar-refractivity contribution in [1.82, 2.24) is 10.3 Å². The summed E-state index contributed by atoms with van der Waals surface area (Å²) in [5.74, 6) is -0.539. The zero-order valence-electron chi connectivity index (χ0n) is 14.0. The average molecular weight is 358 g/mol. The summed E-state index contributed by atoms with van der Waals surface area (Å²) in [5, 5.41) is 6.38. The third kappa shape index (κ3) is 4.17. The lowest BCUT2D eigenvalue weighted by atomic mass is 10.1. The summed E-state index contributed by atoms with van der Waals surface area (Å²) in [4.78, 5) is 28.9. The molecular weight excluding hydrogens is 338 g/mol. The van der Waals surface area contributed by atoms with Gasteiger partial charge in [0.2, 0.25) is 0 Å². The Morgan fingerprint density at radius 2 is 1.92 bits per heavy atom. The summed E-state index contributed by atoms with van der Waals surface area (Å²) >= 11 is 6.07. The molecule has 2 N–H and O–H groups in total. The minimum absolute atomic E-state index is 0.165. The number of nitrogens with zero attached hydrogens (tertiary/aromatic N) is 1. The van der Waals surface area contributed by atoms with Crippen LogP contribution in [0.4, 0.5) is 5.69 Å². The number of rotatable bonds is 4. The number of amides is 2. The van der Waals surface area contributed by atoms with Gasteiger partial charge in [-0.3, -0.25) is 14.6 Å². The molecule has 1 aliphatic rings. The highest BCUT2D eigenvalue weighted by Gasteiger charge is 2.19. The summed E-state index contributed by atoms with van der Waals surface area (Å²) in [5.41, 5.74) is 2.04. The van der Waals surface area contributed by atoms with Gasteiger partial charge in [0.25, 0.3) is 11.8 Å². The number of hydrogen-bond acceptors (Lipinski definition) is 3. The summed E-state index contributed by atoms with van der Waals surface area (Å²) in [6.45, 7) is 1.83. The minimum atomic E-state index is -0.374. The molecule has 0 bridgehead atoms. The molecule has 5 nitrogen and oxygen atoms in total. The molecule has 1 saturated carbocycles. The van der Waals surface area contributed by atoms with Crippen molar-refractivity contribution in [1.29, 1.82) is 0 Å². The fourth-order valence-electron chi connectivity index (χ4n) is 2.96. The topological polar surface area (TPSA) is 71.1 Å². The molecule has 6 heteroatoms. The van der Waals surface area contributed by atoms with E-state index < -0.39 is 0 Å². The molecule has 0 unspecified atom stereocenters. The van der Waals surface area contributed by atoms with Crippen LogP contribution in [0.25, 0.3) is 0 Å². The van der Waals surface area contributed by atoms with Crippen LogP contribution in [0.15, 0.2) is 36.5 Å². The van der Waals surface area contributed by atoms with Gasteiger partial charge in [0.15, 0.2) is 0 Å². The van der Waals surface area contributed by atoms with E-state index in [1.165, 1.54) is 12.3 Å². The number of halogens is 1. The highest BCUT2D eigenvalue weighted by Crippen LogP contribution is 2.23. The van der Waals surface area contributed by atoms with Crippen LogP contribution in [0.3, 0.4) is 0 Å². The van der Waals surface area contributed by atoms with Gasteiger partial charge in [0.1, 0.15) is 5.69 Å². The van der Waals surface area contributed by atoms with E-state index in [-0.39, 0.29) is 23.6 Å². The Hall–Kier alpha value is -2.40. The molecule has 0 aliphatic heterocycles. The van der Waals surface area contributed by atoms with Gasteiger partial charge in [0, 0.05) is 28.5 Å². The molecular formula is C19H20ClN3O2. The van der Waals surface area contributed by atoms with Crippen molar-refractivity contribution in [2.45, 2.75) is 38.6 Å². The van der Waals surface area contributed by atoms with Crippen molar-refractivity contribution in [2.75, 3.05) is 5.32 Å². The van der Waals surface area contributed by atoms with Crippen LogP contribution in [-0.4, -0.2) is 22.8 Å². The molecule has 1 heterocycles. The second kappa shape index (κ2) is 7.66. The molecule has 0 spiro atoms. The van der Waals surface area contributed by atoms with Crippen molar-refractivity contribution in [3.05, 3.63) is 58.4 Å². The maximum atomic E-state index is 12.4. The van der Waals surface area contributed by atoms with E-state index in [1.54, 1.807) is 24.3 Å². The smallest absolute Gasteiger partial charge is 0.274 e. The first-order valence-corrected chi connectivity index (χ1v) is 8.76. The zero-order chi connectivity index (χ0) is 17.8. The second-order valence-electron chi connectivity index (χ2n) is 6.25. The second-order valence-corrected chi connectivity index (χ2v) is 6.66. The fourth-order valence-corrected chi connectivity index (χ4v) is 3.14. The lowest BCUT2D eigenvalue weighted by molar-refractivity contribution is 0.0937. The summed E-state index contributed by atoms with van der Waals surface area (Å²) in [6, 6.07) is 8.66. The molecule has 130 valence electrons. The Morgan fingerprint density at radius 3 is 2.68 bits per heavy atom. The van der Waals surface area contributed by atoms with Gasteiger partial charge in [-0.05, 0) is 49.6 Å². The summed E-state index contributed by atoms with van der Waals surface area (Å²) in [6.07, 6.45) is 5.79. The highest BCUT2D eigenvalue weighted by atomic mass is 35.5. The van der Waals surface area contributed by atoms with Gasteiger partial charge in [0.05, 0.1) is 0 Å². The van der Waals surface area contributed by atoms with E-state index in [9.17, 15) is 9.59 Å². The predicted octanol–water partition coefficient (Wildman–Crippen LogP) is 3.97. The van der Waals surface area contributed by atoms with E-state index in [2.05, 4.69) is 15.6 Å². The van der Waals surface area contributed by atoms with Crippen molar-refractivity contribution in [2.24, 2.45) is 0 Å². The van der Waals surface area contributed by atoms with Gasteiger partial charge in [-0.1, -0.05) is 30.5 Å². The molecule has 1 fully saturated rings. The lowest BCUT2D eigenvalue weighted by Gasteiger charge is -2.12. The van der Waals surface area contributed by atoms with Crippen LogP contribution in [-0.2, 0) is 0 Å². The normalized spacial score (nSPS) is 14.3. The predicted molar refractivity (Wildman–Crippen MR) is 98.1 cm³/mol. The van der Waals surface area contributed by atoms with Crippen LogP contribution in [0.5, 0.6) is 0 Å². The summed E-state index contributed by atoms with van der Waals surface area (Å²) in [7, 11) is 0. The molecule has 25 heavy (non-hydrogen) atoms. The van der Waals surface area contributed by atoms with Gasteiger partial charge in [-0.2, -0.15) is 0 Å². The molecule has 3 rings (SSSR count). The fraction of sp³-hybridized carbons (Fsp3) is 0.316. The first-order valence-electron chi connectivity index (χ1n) is 8.38. The highest BCUT2D eigenvalue weighted by molar-refractivity contribution is 6.31. The van der Waals surface area contributed by atoms with Crippen molar-refractivity contribution in [3.63, 3.8) is 0 Å². The molecule has 1 aliphatic carbocycles. The Kier molecular flexibility index (Phi) is 5.34. The maximum absolute atomic E-state index is 12.4. The Morgan fingerprint density at radius 1 is 1.16 bits per heavy atom. The number of nitrogens with one attached hydrogen (secondary N) is 2. The largest absolute Gasteiger partial charge is 0.349 e. The monoisotopic (exact) mass is 357 g/mol. The van der Waals surface area contributed by atoms with Crippen LogP contribution in [0.1, 0.15) is 52.1 Å². The van der Waals surface area contributed by atoms with Crippen molar-refractivity contribution in [3.8, 4) is 0 Å². The van der Waals surface area contributed by atoms with Gasteiger partial charge in [-0.25, -0.2) is 0 Å². The van der Waals surface area contributed by atoms with Crippen LogP contribution >= 0.6 is 11.6 Å². The first kappa shape index (κ1) is 17.4. The number of aromatic nitrogens is 1. The Balaban J connectivity index is 1.72. The van der Waals surface area contributed by atoms with Gasteiger partial charge >= 0.3 is 0 Å². The zero-order valence-corrected chi connectivity index (χ0v) is 14.8. The number of benzene rings is 1.